The number of benzene rings is 3. The molecule has 256 valence electrons. The molecule has 12 heteroatoms. The lowest BCUT2D eigenvalue weighted by molar-refractivity contribution is -0.249. The number of methoxy groups -OCH3 is 1. The first kappa shape index (κ1) is 34.0. The zero-order valence-corrected chi connectivity index (χ0v) is 27.4. The number of phenols is 2. The molecule has 0 radical (unpaired) electrons. The maximum atomic E-state index is 13.9. The van der Waals surface area contributed by atoms with E-state index in [0.717, 1.165) is 0 Å². The van der Waals surface area contributed by atoms with Gasteiger partial charge in [0.25, 0.3) is 0 Å². The molecule has 0 spiro atoms. The maximum Gasteiger partial charge on any atom is 0.202 e. The zero-order valence-electron chi connectivity index (χ0n) is 27.4. The van der Waals surface area contributed by atoms with Crippen LogP contribution < -0.4 is 10.1 Å². The number of carbonyl (C=O) groups excluding carboxylic acids is 4. The molecule has 3 aromatic rings. The smallest absolute Gasteiger partial charge is 0.202 e. The van der Waals surface area contributed by atoms with E-state index in [1.54, 1.807) is 44.2 Å². The Morgan fingerprint density at radius 2 is 1.67 bits per heavy atom. The van der Waals surface area contributed by atoms with Gasteiger partial charge in [0.1, 0.15) is 29.0 Å². The Kier molecular flexibility index (Phi) is 8.92. The third-order valence-corrected chi connectivity index (χ3v) is 9.57. The minimum atomic E-state index is -2.06. The molecule has 12 nitrogen and oxygen atoms in total. The lowest BCUT2D eigenvalue weighted by Crippen LogP contribution is -2.54. The Bertz CT molecular complexity index is 1900. The van der Waals surface area contributed by atoms with Gasteiger partial charge in [-0.15, -0.1) is 0 Å². The third-order valence-electron chi connectivity index (χ3n) is 9.57. The minimum absolute atomic E-state index is 0.0280. The monoisotopic (exact) mass is 671 g/mol. The van der Waals surface area contributed by atoms with E-state index in [0.29, 0.717) is 11.3 Å². The number of aliphatic hydroxyl groups excluding tert-OH is 1. The summed E-state index contributed by atoms with van der Waals surface area (Å²) in [6, 6.07) is 12.4. The van der Waals surface area contributed by atoms with Crippen LogP contribution in [0, 0.1) is 0 Å². The Balaban J connectivity index is 1.36. The number of hydrogen-bond donors (Lipinski definition) is 5. The predicted molar refractivity (Wildman–Crippen MR) is 174 cm³/mol. The van der Waals surface area contributed by atoms with Gasteiger partial charge in [0.15, 0.2) is 23.6 Å². The second-order valence-corrected chi connectivity index (χ2v) is 12.8. The van der Waals surface area contributed by atoms with Crippen LogP contribution in [0.4, 0.5) is 0 Å². The van der Waals surface area contributed by atoms with E-state index < -0.39 is 82.6 Å². The molecule has 0 saturated carbocycles. The summed E-state index contributed by atoms with van der Waals surface area (Å²) >= 11 is 0. The highest BCUT2D eigenvalue weighted by Gasteiger charge is 2.49. The van der Waals surface area contributed by atoms with Crippen molar-refractivity contribution in [1.82, 2.24) is 5.32 Å². The fraction of sp³-hybridized carbons (Fsp3) is 0.351. The number of allylic oxidation sites excluding steroid dienone is 2. The standard InChI is InChI=1S/C37H37NO11/c1-17(13-24(40)20-9-6-5-7-10-20)38-23-14-27(48-18(2)32(23)41)49-26-16-37(46,19(3)39)15-22-29(26)36(45)31-30(34(22)43)33(42)21-11-8-12-25(47-4)28(21)35(31)44/h5-13,18,23,26-27,32,38,41,43,45-46H,14-16H2,1-4H3. The van der Waals surface area contributed by atoms with Gasteiger partial charge in [0, 0.05) is 53.3 Å². The van der Waals surface area contributed by atoms with Crippen molar-refractivity contribution >= 4 is 23.1 Å². The molecule has 5 N–H and O–H groups in total. The Morgan fingerprint density at radius 1 is 0.980 bits per heavy atom. The Labute approximate surface area is 281 Å². The number of nitrogens with one attached hydrogen (secondary N) is 1. The van der Waals surface area contributed by atoms with Crippen LogP contribution in [0.25, 0.3) is 0 Å². The average Bonchev–Trinajstić information content (AvgIpc) is 3.07. The van der Waals surface area contributed by atoms with Crippen molar-refractivity contribution in [3.05, 3.63) is 99.2 Å². The first-order valence-electron chi connectivity index (χ1n) is 15.9. The molecular weight excluding hydrogens is 634 g/mol. The van der Waals surface area contributed by atoms with Gasteiger partial charge in [-0.25, -0.2) is 0 Å². The molecule has 6 atom stereocenters. The van der Waals surface area contributed by atoms with Gasteiger partial charge in [-0.3, -0.25) is 19.2 Å². The van der Waals surface area contributed by atoms with E-state index in [1.807, 2.05) is 0 Å². The zero-order chi connectivity index (χ0) is 35.4. The molecule has 1 saturated heterocycles. The maximum absolute atomic E-state index is 13.9. The van der Waals surface area contributed by atoms with Gasteiger partial charge in [-0.2, -0.15) is 0 Å². The highest BCUT2D eigenvalue weighted by Crippen LogP contribution is 2.52. The number of aliphatic hydroxyl groups is 2. The largest absolute Gasteiger partial charge is 0.507 e. The fourth-order valence-corrected chi connectivity index (χ4v) is 6.98. The van der Waals surface area contributed by atoms with Crippen molar-refractivity contribution in [2.24, 2.45) is 0 Å². The topological polar surface area (TPSA) is 189 Å². The van der Waals surface area contributed by atoms with Crippen molar-refractivity contribution in [3.8, 4) is 17.2 Å². The summed E-state index contributed by atoms with van der Waals surface area (Å²) in [7, 11) is 1.34. The van der Waals surface area contributed by atoms with Crippen LogP contribution in [-0.2, 0) is 20.7 Å². The molecule has 49 heavy (non-hydrogen) atoms. The van der Waals surface area contributed by atoms with Crippen molar-refractivity contribution in [2.45, 2.75) is 76.3 Å². The highest BCUT2D eigenvalue weighted by atomic mass is 16.7. The first-order chi connectivity index (χ1) is 23.2. The molecule has 0 amide bonds. The van der Waals surface area contributed by atoms with Gasteiger partial charge < -0.3 is 40.0 Å². The summed E-state index contributed by atoms with van der Waals surface area (Å²) in [5, 5.41) is 48.9. The molecule has 2 aliphatic carbocycles. The van der Waals surface area contributed by atoms with Crippen molar-refractivity contribution in [1.29, 1.82) is 0 Å². The van der Waals surface area contributed by atoms with Gasteiger partial charge in [-0.1, -0.05) is 42.5 Å². The van der Waals surface area contributed by atoms with E-state index in [9.17, 15) is 39.6 Å². The summed E-state index contributed by atoms with van der Waals surface area (Å²) in [5.74, 6) is -3.56. The second-order valence-electron chi connectivity index (χ2n) is 12.8. The lowest BCUT2D eigenvalue weighted by Gasteiger charge is -2.43. The molecule has 6 unspecified atom stereocenters. The number of fused-ring (bicyclic) bond motifs is 3. The lowest BCUT2D eigenvalue weighted by atomic mass is 9.72. The molecule has 1 aliphatic heterocycles. The van der Waals surface area contributed by atoms with Crippen molar-refractivity contribution in [3.63, 3.8) is 0 Å². The van der Waals surface area contributed by atoms with Crippen LogP contribution in [0.1, 0.15) is 93.0 Å². The summed E-state index contributed by atoms with van der Waals surface area (Å²) < 4.78 is 17.6. The van der Waals surface area contributed by atoms with E-state index in [1.165, 1.54) is 38.3 Å². The van der Waals surface area contributed by atoms with Gasteiger partial charge in [0.05, 0.1) is 42.0 Å². The van der Waals surface area contributed by atoms with E-state index >= 15 is 0 Å². The first-order valence-corrected chi connectivity index (χ1v) is 15.9. The minimum Gasteiger partial charge on any atom is -0.507 e. The normalized spacial score (nSPS) is 26.3. The van der Waals surface area contributed by atoms with Gasteiger partial charge in [0.2, 0.25) is 5.78 Å². The quantitative estimate of drug-likeness (QED) is 0.104. The number of Topliss-reactive ketones (excluding diaryl/α,β-unsaturated/α-hetero) is 1. The number of phenolic OH excluding ortho intramolecular Hbond substituents is 2. The summed E-state index contributed by atoms with van der Waals surface area (Å²) in [4.78, 5) is 53.1. The molecule has 6 rings (SSSR count). The average molecular weight is 672 g/mol. The SMILES string of the molecule is COc1cccc2c1C(=O)c1c(O)c3c(c(O)c1C2=O)CC(O)(C(C)=O)CC3OC1CC(NC(C)=CC(=O)c2ccccc2)C(O)C(C)O1. The van der Waals surface area contributed by atoms with Gasteiger partial charge >= 0.3 is 0 Å². The number of ketones is 4. The van der Waals surface area contributed by atoms with Gasteiger partial charge in [-0.05, 0) is 26.8 Å². The summed E-state index contributed by atoms with van der Waals surface area (Å²) in [6.07, 6.45) is -3.58. The predicted octanol–water partition coefficient (Wildman–Crippen LogP) is 3.45. The Morgan fingerprint density at radius 3 is 2.35 bits per heavy atom. The summed E-state index contributed by atoms with van der Waals surface area (Å²) in [5.41, 5.74) is -2.28. The number of aromatic hydroxyl groups is 2. The van der Waals surface area contributed by atoms with Crippen molar-refractivity contribution in [2.75, 3.05) is 7.11 Å². The fourth-order valence-electron chi connectivity index (χ4n) is 6.98. The van der Waals surface area contributed by atoms with Crippen LogP contribution in [0.5, 0.6) is 17.2 Å². The summed E-state index contributed by atoms with van der Waals surface area (Å²) in [6.45, 7) is 4.48. The number of rotatable bonds is 8. The molecule has 1 fully saturated rings. The number of hydrogen-bond acceptors (Lipinski definition) is 12. The molecule has 3 aliphatic rings. The highest BCUT2D eigenvalue weighted by molar-refractivity contribution is 6.31. The van der Waals surface area contributed by atoms with E-state index in [4.69, 9.17) is 14.2 Å². The number of carbonyl (C=O) groups is 4. The van der Waals surface area contributed by atoms with E-state index in [-0.39, 0.29) is 46.6 Å². The van der Waals surface area contributed by atoms with Crippen LogP contribution >= 0.6 is 0 Å². The van der Waals surface area contributed by atoms with Crippen LogP contribution in [0.15, 0.2) is 60.3 Å². The van der Waals surface area contributed by atoms with Crippen LogP contribution in [-0.4, -0.2) is 80.8 Å². The van der Waals surface area contributed by atoms with Crippen LogP contribution in [0.3, 0.4) is 0 Å². The van der Waals surface area contributed by atoms with Crippen molar-refractivity contribution < 1.29 is 53.8 Å². The molecular formula is C37H37NO11. The van der Waals surface area contributed by atoms with E-state index in [2.05, 4.69) is 5.32 Å². The molecule has 0 aromatic heterocycles. The van der Waals surface area contributed by atoms with Crippen LogP contribution in [0.2, 0.25) is 0 Å². The third kappa shape index (κ3) is 5.90. The molecule has 0 bridgehead atoms. The molecule has 3 aromatic carbocycles. The second kappa shape index (κ2) is 12.9. The molecule has 1 heterocycles. The number of ether oxygens (including phenoxy) is 3. The Hall–Kier alpha value is -4.88.